The van der Waals surface area contributed by atoms with Crippen molar-refractivity contribution in [2.45, 2.75) is 26.0 Å². The lowest BCUT2D eigenvalue weighted by molar-refractivity contribution is 0.170. The summed E-state index contributed by atoms with van der Waals surface area (Å²) in [5, 5.41) is 10.5. The first-order valence-electron chi connectivity index (χ1n) is 5.60. The summed E-state index contributed by atoms with van der Waals surface area (Å²) in [7, 11) is 0. The Labute approximate surface area is 105 Å². The minimum absolute atomic E-state index is 0.157. The van der Waals surface area contributed by atoms with E-state index in [4.69, 9.17) is 17.3 Å². The molecule has 92 valence electrons. The molecule has 2 rings (SSSR count). The molecule has 0 bridgehead atoms. The molecule has 4 nitrogen and oxygen atoms in total. The molecule has 0 spiro atoms. The number of halogens is 1. The van der Waals surface area contributed by atoms with Gasteiger partial charge < -0.3 is 15.4 Å². The number of aliphatic hydroxyl groups is 1. The Bertz CT molecular complexity index is 536. The summed E-state index contributed by atoms with van der Waals surface area (Å²) >= 11 is 5.94. The van der Waals surface area contributed by atoms with Crippen LogP contribution in [-0.2, 0) is 0 Å². The van der Waals surface area contributed by atoms with E-state index in [1.54, 1.807) is 6.07 Å². The molecule has 0 aliphatic heterocycles. The molecule has 0 fully saturated rings. The third-order valence-electron chi connectivity index (χ3n) is 2.72. The summed E-state index contributed by atoms with van der Waals surface area (Å²) in [4.78, 5) is 4.41. The summed E-state index contributed by atoms with van der Waals surface area (Å²) in [5.41, 5.74) is 7.25. The Morgan fingerprint density at radius 1 is 1.47 bits per heavy atom. The van der Waals surface area contributed by atoms with Crippen LogP contribution >= 0.6 is 11.6 Å². The second kappa shape index (κ2) is 4.64. The van der Waals surface area contributed by atoms with Crippen LogP contribution in [0.5, 0.6) is 0 Å². The zero-order valence-corrected chi connectivity index (χ0v) is 10.6. The number of aliphatic hydroxyl groups excluding tert-OH is 1. The van der Waals surface area contributed by atoms with Crippen LogP contribution < -0.4 is 5.73 Å². The SMILES string of the molecule is CC(C)n1c(C(O)CN)nc2cc(Cl)ccc21. The van der Waals surface area contributed by atoms with Gasteiger partial charge >= 0.3 is 0 Å². The monoisotopic (exact) mass is 253 g/mol. The number of hydrogen-bond donors (Lipinski definition) is 2. The summed E-state index contributed by atoms with van der Waals surface area (Å²) in [6.45, 7) is 4.24. The number of benzene rings is 1. The zero-order chi connectivity index (χ0) is 12.6. The van der Waals surface area contributed by atoms with Gasteiger partial charge in [0.1, 0.15) is 11.9 Å². The normalized spacial score (nSPS) is 13.5. The maximum absolute atomic E-state index is 9.89. The van der Waals surface area contributed by atoms with Crippen molar-refractivity contribution in [1.29, 1.82) is 0 Å². The second-order valence-corrected chi connectivity index (χ2v) is 4.75. The van der Waals surface area contributed by atoms with Crippen LogP contribution in [0.4, 0.5) is 0 Å². The number of nitrogens with two attached hydrogens (primary N) is 1. The van der Waals surface area contributed by atoms with E-state index < -0.39 is 6.10 Å². The fraction of sp³-hybridized carbons (Fsp3) is 0.417. The standard InChI is InChI=1S/C12H16ClN3O/c1-7(2)16-10-4-3-8(13)5-9(10)15-12(16)11(17)6-14/h3-5,7,11,17H,6,14H2,1-2H3. The summed E-state index contributed by atoms with van der Waals surface area (Å²) in [5.74, 6) is 0.597. The highest BCUT2D eigenvalue weighted by Gasteiger charge is 2.18. The third-order valence-corrected chi connectivity index (χ3v) is 2.95. The van der Waals surface area contributed by atoms with E-state index in [9.17, 15) is 5.11 Å². The quantitative estimate of drug-likeness (QED) is 0.882. The predicted octanol–water partition coefficient (Wildman–Crippen LogP) is 2.26. The van der Waals surface area contributed by atoms with E-state index in [1.807, 2.05) is 30.5 Å². The van der Waals surface area contributed by atoms with Crippen LogP contribution in [0.15, 0.2) is 18.2 Å². The first kappa shape index (κ1) is 12.4. The summed E-state index contributed by atoms with van der Waals surface area (Å²) in [6, 6.07) is 5.74. The van der Waals surface area contributed by atoms with Gasteiger partial charge in [-0.15, -0.1) is 0 Å². The van der Waals surface area contributed by atoms with Crippen molar-refractivity contribution in [3.8, 4) is 0 Å². The van der Waals surface area contributed by atoms with Gasteiger partial charge in [0.2, 0.25) is 0 Å². The van der Waals surface area contributed by atoms with Gasteiger partial charge in [-0.3, -0.25) is 0 Å². The molecule has 17 heavy (non-hydrogen) atoms. The van der Waals surface area contributed by atoms with E-state index in [1.165, 1.54) is 0 Å². The van der Waals surface area contributed by atoms with Crippen molar-refractivity contribution < 1.29 is 5.11 Å². The van der Waals surface area contributed by atoms with Gasteiger partial charge in [0.25, 0.3) is 0 Å². The average molecular weight is 254 g/mol. The smallest absolute Gasteiger partial charge is 0.140 e. The lowest BCUT2D eigenvalue weighted by atomic mass is 10.2. The first-order chi connectivity index (χ1) is 8.04. The van der Waals surface area contributed by atoms with Crippen molar-refractivity contribution in [3.63, 3.8) is 0 Å². The van der Waals surface area contributed by atoms with E-state index in [2.05, 4.69) is 4.98 Å². The minimum Gasteiger partial charge on any atom is -0.384 e. The Morgan fingerprint density at radius 2 is 2.18 bits per heavy atom. The van der Waals surface area contributed by atoms with Crippen molar-refractivity contribution in [1.82, 2.24) is 9.55 Å². The van der Waals surface area contributed by atoms with Gasteiger partial charge in [-0.05, 0) is 32.0 Å². The molecule has 1 aromatic carbocycles. The molecule has 1 aromatic heterocycles. The predicted molar refractivity (Wildman–Crippen MR) is 69.1 cm³/mol. The molecular weight excluding hydrogens is 238 g/mol. The minimum atomic E-state index is -0.747. The molecule has 0 saturated carbocycles. The highest BCUT2D eigenvalue weighted by molar-refractivity contribution is 6.31. The van der Waals surface area contributed by atoms with Crippen LogP contribution in [0.1, 0.15) is 31.8 Å². The fourth-order valence-corrected chi connectivity index (χ4v) is 2.14. The molecule has 0 amide bonds. The molecule has 0 radical (unpaired) electrons. The molecular formula is C12H16ClN3O. The van der Waals surface area contributed by atoms with Gasteiger partial charge in [-0.2, -0.15) is 0 Å². The first-order valence-corrected chi connectivity index (χ1v) is 5.98. The third kappa shape index (κ3) is 2.16. The van der Waals surface area contributed by atoms with Gasteiger partial charge in [-0.25, -0.2) is 4.98 Å². The maximum Gasteiger partial charge on any atom is 0.140 e. The van der Waals surface area contributed by atoms with Crippen LogP contribution in [0.3, 0.4) is 0 Å². The van der Waals surface area contributed by atoms with E-state index in [0.29, 0.717) is 10.8 Å². The van der Waals surface area contributed by atoms with Gasteiger partial charge in [0, 0.05) is 17.6 Å². The number of hydrogen-bond acceptors (Lipinski definition) is 3. The van der Waals surface area contributed by atoms with Crippen molar-refractivity contribution >= 4 is 22.6 Å². The molecule has 0 aliphatic rings. The average Bonchev–Trinajstić information content (AvgIpc) is 2.66. The van der Waals surface area contributed by atoms with E-state index in [0.717, 1.165) is 11.0 Å². The Balaban J connectivity index is 2.70. The van der Waals surface area contributed by atoms with Crippen LogP contribution in [0, 0.1) is 0 Å². The number of aromatic nitrogens is 2. The molecule has 5 heteroatoms. The largest absolute Gasteiger partial charge is 0.384 e. The van der Waals surface area contributed by atoms with Crippen LogP contribution in [0.2, 0.25) is 5.02 Å². The molecule has 0 saturated heterocycles. The highest BCUT2D eigenvalue weighted by atomic mass is 35.5. The summed E-state index contributed by atoms with van der Waals surface area (Å²) in [6.07, 6.45) is -0.747. The summed E-state index contributed by atoms with van der Waals surface area (Å²) < 4.78 is 1.99. The lowest BCUT2D eigenvalue weighted by Gasteiger charge is -2.15. The van der Waals surface area contributed by atoms with Crippen molar-refractivity contribution in [2.75, 3.05) is 6.54 Å². The highest BCUT2D eigenvalue weighted by Crippen LogP contribution is 2.26. The number of fused-ring (bicyclic) bond motifs is 1. The van der Waals surface area contributed by atoms with Crippen molar-refractivity contribution in [3.05, 3.63) is 29.0 Å². The number of rotatable bonds is 3. The molecule has 3 N–H and O–H groups in total. The number of imidazole rings is 1. The van der Waals surface area contributed by atoms with Crippen LogP contribution in [-0.4, -0.2) is 21.2 Å². The van der Waals surface area contributed by atoms with E-state index in [-0.39, 0.29) is 12.6 Å². The second-order valence-electron chi connectivity index (χ2n) is 4.32. The van der Waals surface area contributed by atoms with Gasteiger partial charge in [0.05, 0.1) is 11.0 Å². The zero-order valence-electron chi connectivity index (χ0n) is 9.89. The number of nitrogens with zero attached hydrogens (tertiary/aromatic N) is 2. The fourth-order valence-electron chi connectivity index (χ4n) is 1.97. The lowest BCUT2D eigenvalue weighted by Crippen LogP contribution is -2.17. The van der Waals surface area contributed by atoms with Crippen LogP contribution in [0.25, 0.3) is 11.0 Å². The Hall–Kier alpha value is -1.10. The molecule has 0 aliphatic carbocycles. The Kier molecular flexibility index (Phi) is 3.38. The Morgan fingerprint density at radius 3 is 2.76 bits per heavy atom. The molecule has 2 aromatic rings. The molecule has 1 heterocycles. The van der Waals surface area contributed by atoms with Gasteiger partial charge in [0.15, 0.2) is 0 Å². The topological polar surface area (TPSA) is 64.1 Å². The maximum atomic E-state index is 9.89. The molecule has 1 atom stereocenters. The van der Waals surface area contributed by atoms with Gasteiger partial charge in [-0.1, -0.05) is 11.6 Å². The molecule has 1 unspecified atom stereocenters. The van der Waals surface area contributed by atoms with Crippen molar-refractivity contribution in [2.24, 2.45) is 5.73 Å². The van der Waals surface area contributed by atoms with E-state index >= 15 is 0 Å².